The Hall–Kier alpha value is -2.04. The number of carbonyl (C=O) groups is 1. The lowest BCUT2D eigenvalue weighted by Crippen LogP contribution is -2.44. The molecule has 1 aromatic rings. The van der Waals surface area contributed by atoms with Crippen LogP contribution in [0, 0.1) is 0 Å². The summed E-state index contributed by atoms with van der Waals surface area (Å²) in [6, 6.07) is 7.32. The molecule has 0 bridgehead atoms. The Morgan fingerprint density at radius 2 is 1.88 bits per heavy atom. The molecule has 24 heavy (non-hydrogen) atoms. The molecule has 0 aliphatic heterocycles. The molecule has 130 valence electrons. The minimum absolute atomic E-state index is 0.114. The SMILES string of the molecule is CCOC(=O)NC(=S)Nc1ccccc1N(C)C(=S)N(C)C(N)=S. The van der Waals surface area contributed by atoms with Crippen molar-refractivity contribution in [3.8, 4) is 0 Å². The first kappa shape index (κ1) is 20.0. The van der Waals surface area contributed by atoms with Crippen molar-refractivity contribution in [2.24, 2.45) is 5.73 Å². The Morgan fingerprint density at radius 1 is 1.25 bits per heavy atom. The number of hydrogen-bond donors (Lipinski definition) is 3. The summed E-state index contributed by atoms with van der Waals surface area (Å²) < 4.78 is 4.78. The van der Waals surface area contributed by atoms with Crippen LogP contribution in [0.1, 0.15) is 6.92 Å². The van der Waals surface area contributed by atoms with Crippen LogP contribution in [0.2, 0.25) is 0 Å². The highest BCUT2D eigenvalue weighted by Gasteiger charge is 2.17. The molecule has 10 heteroatoms. The van der Waals surface area contributed by atoms with Gasteiger partial charge in [0.25, 0.3) is 0 Å². The number of nitrogens with zero attached hydrogens (tertiary/aromatic N) is 2. The lowest BCUT2D eigenvalue weighted by atomic mass is 10.2. The van der Waals surface area contributed by atoms with Crippen LogP contribution in [0.4, 0.5) is 16.2 Å². The molecule has 0 saturated heterocycles. The number of rotatable bonds is 3. The summed E-state index contributed by atoms with van der Waals surface area (Å²) in [6.07, 6.45) is -0.621. The normalized spacial score (nSPS) is 9.62. The molecule has 0 aliphatic carbocycles. The third-order valence-corrected chi connectivity index (χ3v) is 3.93. The van der Waals surface area contributed by atoms with E-state index in [2.05, 4.69) is 10.6 Å². The first-order chi connectivity index (χ1) is 11.3. The quantitative estimate of drug-likeness (QED) is 0.677. The minimum atomic E-state index is -0.621. The maximum absolute atomic E-state index is 11.4. The summed E-state index contributed by atoms with van der Waals surface area (Å²) in [6.45, 7) is 1.97. The van der Waals surface area contributed by atoms with Crippen LogP contribution in [-0.4, -0.2) is 47.0 Å². The second kappa shape index (κ2) is 9.30. The fraction of sp³-hybridized carbons (Fsp3) is 0.286. The molecule has 1 amide bonds. The van der Waals surface area contributed by atoms with Crippen LogP contribution < -0.4 is 21.3 Å². The number of amides is 1. The molecule has 0 aliphatic rings. The van der Waals surface area contributed by atoms with Crippen molar-refractivity contribution in [3.05, 3.63) is 24.3 Å². The molecule has 0 radical (unpaired) electrons. The van der Waals surface area contributed by atoms with Crippen LogP contribution in [-0.2, 0) is 4.74 Å². The maximum Gasteiger partial charge on any atom is 0.413 e. The Morgan fingerprint density at radius 3 is 2.46 bits per heavy atom. The number of nitrogens with two attached hydrogens (primary N) is 1. The maximum atomic E-state index is 11.4. The fourth-order valence-corrected chi connectivity index (χ4v) is 2.24. The van der Waals surface area contributed by atoms with E-state index in [4.69, 9.17) is 47.1 Å². The smallest absolute Gasteiger partial charge is 0.413 e. The number of alkyl carbamates (subject to hydrolysis) is 1. The highest BCUT2D eigenvalue weighted by atomic mass is 32.1. The van der Waals surface area contributed by atoms with Gasteiger partial charge in [0.15, 0.2) is 15.3 Å². The third-order valence-electron chi connectivity index (χ3n) is 2.91. The van der Waals surface area contributed by atoms with Gasteiger partial charge in [0.05, 0.1) is 18.0 Å². The van der Waals surface area contributed by atoms with Crippen LogP contribution in [0.15, 0.2) is 24.3 Å². The average Bonchev–Trinajstić information content (AvgIpc) is 2.53. The van der Waals surface area contributed by atoms with Gasteiger partial charge in [-0.25, -0.2) is 4.79 Å². The van der Waals surface area contributed by atoms with E-state index in [1.807, 2.05) is 18.2 Å². The molecule has 4 N–H and O–H groups in total. The van der Waals surface area contributed by atoms with E-state index in [0.717, 1.165) is 5.69 Å². The molecular weight excluding hydrogens is 366 g/mol. The second-order valence-electron chi connectivity index (χ2n) is 4.56. The van der Waals surface area contributed by atoms with Gasteiger partial charge in [-0.15, -0.1) is 0 Å². The molecule has 1 rings (SSSR count). The molecule has 0 heterocycles. The highest BCUT2D eigenvalue weighted by molar-refractivity contribution is 7.82. The van der Waals surface area contributed by atoms with E-state index in [9.17, 15) is 4.79 Å². The summed E-state index contributed by atoms with van der Waals surface area (Å²) in [4.78, 5) is 14.6. The van der Waals surface area contributed by atoms with Gasteiger partial charge in [0.2, 0.25) is 0 Å². The Labute approximate surface area is 157 Å². The standard InChI is InChI=1S/C14H19N5O2S3/c1-4-21-13(20)17-12(23)16-9-7-5-6-8-10(9)18(2)14(24)19(3)11(15)22/h5-8H,4H2,1-3H3,(H2,15,22)(H2,16,17,20,23). The van der Waals surface area contributed by atoms with E-state index in [0.29, 0.717) is 10.8 Å². The summed E-state index contributed by atoms with van der Waals surface area (Å²) in [7, 11) is 3.46. The van der Waals surface area contributed by atoms with E-state index in [1.165, 1.54) is 4.90 Å². The predicted octanol–water partition coefficient (Wildman–Crippen LogP) is 2.03. The van der Waals surface area contributed by atoms with Gasteiger partial charge in [-0.3, -0.25) is 10.2 Å². The summed E-state index contributed by atoms with van der Waals surface area (Å²) in [5.41, 5.74) is 6.99. The highest BCUT2D eigenvalue weighted by Crippen LogP contribution is 2.25. The van der Waals surface area contributed by atoms with Gasteiger partial charge in [0.1, 0.15) is 0 Å². The van der Waals surface area contributed by atoms with E-state index in [1.54, 1.807) is 32.0 Å². The zero-order chi connectivity index (χ0) is 18.3. The number of carbonyl (C=O) groups excluding carboxylic acids is 1. The van der Waals surface area contributed by atoms with Crippen LogP contribution in [0.25, 0.3) is 0 Å². The van der Waals surface area contributed by atoms with Crippen LogP contribution >= 0.6 is 36.7 Å². The number of thiocarbonyl (C=S) groups is 3. The van der Waals surface area contributed by atoms with Crippen molar-refractivity contribution in [2.45, 2.75) is 6.92 Å². The number of nitrogens with one attached hydrogen (secondary N) is 2. The van der Waals surface area contributed by atoms with Crippen LogP contribution in [0.5, 0.6) is 0 Å². The van der Waals surface area contributed by atoms with Crippen molar-refractivity contribution >= 4 is 69.5 Å². The van der Waals surface area contributed by atoms with E-state index in [-0.39, 0.29) is 16.8 Å². The van der Waals surface area contributed by atoms with E-state index < -0.39 is 6.09 Å². The molecule has 7 nitrogen and oxygen atoms in total. The Bertz CT molecular complexity index is 653. The third kappa shape index (κ3) is 5.55. The van der Waals surface area contributed by atoms with Crippen molar-refractivity contribution in [3.63, 3.8) is 0 Å². The summed E-state index contributed by atoms with van der Waals surface area (Å²) in [5, 5.41) is 6.06. The second-order valence-corrected chi connectivity index (χ2v) is 5.75. The number of anilines is 2. The predicted molar refractivity (Wildman–Crippen MR) is 108 cm³/mol. The van der Waals surface area contributed by atoms with Gasteiger partial charge >= 0.3 is 6.09 Å². The molecular formula is C14H19N5O2S3. The number of hydrogen-bond acceptors (Lipinski definition) is 5. The van der Waals surface area contributed by atoms with Gasteiger partial charge in [0, 0.05) is 14.1 Å². The topological polar surface area (TPSA) is 82.9 Å². The molecule has 0 unspecified atom stereocenters. The van der Waals surface area contributed by atoms with Gasteiger partial charge in [-0.05, 0) is 55.7 Å². The van der Waals surface area contributed by atoms with E-state index >= 15 is 0 Å². The minimum Gasteiger partial charge on any atom is -0.450 e. The van der Waals surface area contributed by atoms with Gasteiger partial charge in [-0.2, -0.15) is 0 Å². The first-order valence-electron chi connectivity index (χ1n) is 6.92. The molecule has 0 spiro atoms. The number of para-hydroxylation sites is 2. The van der Waals surface area contributed by atoms with Gasteiger partial charge in [-0.1, -0.05) is 12.1 Å². The largest absolute Gasteiger partial charge is 0.450 e. The summed E-state index contributed by atoms with van der Waals surface area (Å²) >= 11 is 15.4. The average molecular weight is 386 g/mol. The first-order valence-corrected chi connectivity index (χ1v) is 8.15. The molecule has 0 saturated carbocycles. The number of ether oxygens (including phenoxy) is 1. The lowest BCUT2D eigenvalue weighted by molar-refractivity contribution is 0.158. The monoisotopic (exact) mass is 385 g/mol. The molecule has 1 aromatic carbocycles. The molecule has 0 aromatic heterocycles. The Kier molecular flexibility index (Phi) is 7.75. The zero-order valence-corrected chi connectivity index (χ0v) is 16.0. The van der Waals surface area contributed by atoms with Crippen molar-refractivity contribution in [1.82, 2.24) is 10.2 Å². The number of benzene rings is 1. The van der Waals surface area contributed by atoms with Crippen molar-refractivity contribution in [2.75, 3.05) is 30.9 Å². The fourth-order valence-electron chi connectivity index (χ4n) is 1.71. The zero-order valence-electron chi connectivity index (χ0n) is 13.5. The summed E-state index contributed by atoms with van der Waals surface area (Å²) in [5.74, 6) is 0. The molecule has 0 fully saturated rings. The van der Waals surface area contributed by atoms with Gasteiger partial charge < -0.3 is 20.7 Å². The molecule has 0 atom stereocenters. The van der Waals surface area contributed by atoms with Crippen molar-refractivity contribution < 1.29 is 9.53 Å². The van der Waals surface area contributed by atoms with Crippen LogP contribution in [0.3, 0.4) is 0 Å². The van der Waals surface area contributed by atoms with Crippen molar-refractivity contribution in [1.29, 1.82) is 0 Å². The lowest BCUT2D eigenvalue weighted by Gasteiger charge is -2.28. The Balaban J connectivity index is 2.92.